The number of hydrogen-bond acceptors (Lipinski definition) is 3. The Morgan fingerprint density at radius 2 is 1.84 bits per heavy atom. The molecule has 5 nitrogen and oxygen atoms in total. The van der Waals surface area contributed by atoms with Crippen molar-refractivity contribution < 1.29 is 19.1 Å². The number of aliphatic hydroxyl groups excluding tert-OH is 1. The highest BCUT2D eigenvalue weighted by atomic mass is 19.1. The predicted molar refractivity (Wildman–Crippen MR) is 112 cm³/mol. The Morgan fingerprint density at radius 1 is 1.10 bits per heavy atom. The van der Waals surface area contributed by atoms with Crippen LogP contribution in [0.5, 0.6) is 0 Å². The summed E-state index contributed by atoms with van der Waals surface area (Å²) in [6.07, 6.45) is 1.83. The SMILES string of the molecule is O=C(C1CC1)N1CC(=O)N2[C@H](C1)[C@H](c1ccc(C#Cc3cccc(F)c3)cc1)[C@@H]2CO. The van der Waals surface area contributed by atoms with Crippen LogP contribution in [0.4, 0.5) is 4.39 Å². The molecule has 5 rings (SSSR count). The molecule has 0 spiro atoms. The largest absolute Gasteiger partial charge is 0.394 e. The Bertz CT molecular complexity index is 1080. The first-order valence-electron chi connectivity index (χ1n) is 10.6. The zero-order valence-corrected chi connectivity index (χ0v) is 17.0. The first kappa shape index (κ1) is 19.8. The molecule has 0 bridgehead atoms. The molecule has 2 heterocycles. The number of fused-ring (bicyclic) bond motifs is 1. The number of carbonyl (C=O) groups excluding carboxylic acids is 2. The van der Waals surface area contributed by atoms with Crippen molar-refractivity contribution >= 4 is 11.8 Å². The number of amides is 2. The molecule has 2 saturated heterocycles. The van der Waals surface area contributed by atoms with Crippen molar-refractivity contribution in [3.8, 4) is 11.8 Å². The van der Waals surface area contributed by atoms with E-state index < -0.39 is 0 Å². The standard InChI is InChI=1S/C25H23FN2O3/c26-20-3-1-2-17(12-20)5-4-16-6-8-18(9-7-16)24-21-13-27(25(31)19-10-11-19)14-23(30)28(21)22(24)15-29/h1-3,6-9,12,19,21-22,24,29H,10-11,13-15H2/t21-,22+,24+/m1/s1. The molecule has 158 valence electrons. The van der Waals surface area contributed by atoms with Crippen LogP contribution in [0.15, 0.2) is 48.5 Å². The summed E-state index contributed by atoms with van der Waals surface area (Å²) in [5.41, 5.74) is 2.43. The summed E-state index contributed by atoms with van der Waals surface area (Å²) in [4.78, 5) is 28.6. The summed E-state index contributed by atoms with van der Waals surface area (Å²) in [7, 11) is 0. The maximum Gasteiger partial charge on any atom is 0.242 e. The topological polar surface area (TPSA) is 60.9 Å². The molecule has 1 N–H and O–H groups in total. The second-order valence-electron chi connectivity index (χ2n) is 8.52. The lowest BCUT2D eigenvalue weighted by Crippen LogP contribution is -2.73. The van der Waals surface area contributed by atoms with Crippen LogP contribution < -0.4 is 0 Å². The van der Waals surface area contributed by atoms with Crippen molar-refractivity contribution in [2.75, 3.05) is 19.7 Å². The molecular formula is C25H23FN2O3. The zero-order chi connectivity index (χ0) is 21.5. The Kier molecular flexibility index (Phi) is 4.99. The van der Waals surface area contributed by atoms with Gasteiger partial charge < -0.3 is 14.9 Å². The number of carbonyl (C=O) groups is 2. The molecule has 1 saturated carbocycles. The van der Waals surface area contributed by atoms with Crippen LogP contribution in [0.1, 0.15) is 35.4 Å². The maximum absolute atomic E-state index is 13.3. The van der Waals surface area contributed by atoms with E-state index in [0.29, 0.717) is 12.1 Å². The van der Waals surface area contributed by atoms with Crippen LogP contribution in [0.3, 0.4) is 0 Å². The van der Waals surface area contributed by atoms with Gasteiger partial charge in [0.25, 0.3) is 0 Å². The zero-order valence-electron chi connectivity index (χ0n) is 17.0. The van der Waals surface area contributed by atoms with E-state index in [1.165, 1.54) is 12.1 Å². The summed E-state index contributed by atoms with van der Waals surface area (Å²) in [5.74, 6) is 5.74. The van der Waals surface area contributed by atoms with Crippen LogP contribution in [-0.4, -0.2) is 58.5 Å². The third-order valence-corrected chi connectivity index (χ3v) is 6.46. The molecule has 31 heavy (non-hydrogen) atoms. The normalized spacial score (nSPS) is 24.7. The highest BCUT2D eigenvalue weighted by Crippen LogP contribution is 2.43. The van der Waals surface area contributed by atoms with Gasteiger partial charge in [-0.25, -0.2) is 4.39 Å². The molecule has 3 atom stereocenters. The van der Waals surface area contributed by atoms with Gasteiger partial charge in [0.2, 0.25) is 11.8 Å². The number of halogens is 1. The molecule has 6 heteroatoms. The highest BCUT2D eigenvalue weighted by Gasteiger charge is 2.55. The third kappa shape index (κ3) is 3.70. The molecular weight excluding hydrogens is 395 g/mol. The Morgan fingerprint density at radius 3 is 2.52 bits per heavy atom. The Labute approximate surface area is 180 Å². The smallest absolute Gasteiger partial charge is 0.242 e. The third-order valence-electron chi connectivity index (χ3n) is 6.46. The monoisotopic (exact) mass is 418 g/mol. The van der Waals surface area contributed by atoms with Gasteiger partial charge in [0, 0.05) is 29.5 Å². The lowest BCUT2D eigenvalue weighted by Gasteiger charge is -2.58. The van der Waals surface area contributed by atoms with Gasteiger partial charge in [-0.3, -0.25) is 9.59 Å². The number of rotatable bonds is 3. The molecule has 1 aliphatic carbocycles. The van der Waals surface area contributed by atoms with E-state index in [-0.39, 0.29) is 54.7 Å². The Hall–Kier alpha value is -3.17. The van der Waals surface area contributed by atoms with Crippen LogP contribution in [-0.2, 0) is 9.59 Å². The lowest BCUT2D eigenvalue weighted by atomic mass is 9.73. The first-order chi connectivity index (χ1) is 15.0. The van der Waals surface area contributed by atoms with Crippen molar-refractivity contribution in [1.82, 2.24) is 9.80 Å². The fourth-order valence-electron chi connectivity index (χ4n) is 4.76. The van der Waals surface area contributed by atoms with Crippen molar-refractivity contribution in [3.63, 3.8) is 0 Å². The van der Waals surface area contributed by atoms with E-state index in [0.717, 1.165) is 24.0 Å². The number of nitrogens with zero attached hydrogens (tertiary/aromatic N) is 2. The number of piperazine rings is 1. The van der Waals surface area contributed by atoms with Crippen LogP contribution in [0.25, 0.3) is 0 Å². The summed E-state index contributed by atoms with van der Waals surface area (Å²) in [5, 5.41) is 9.91. The van der Waals surface area contributed by atoms with E-state index in [1.54, 1.807) is 21.9 Å². The van der Waals surface area contributed by atoms with Crippen molar-refractivity contribution in [3.05, 3.63) is 71.0 Å². The summed E-state index contributed by atoms with van der Waals surface area (Å²) in [6, 6.07) is 13.5. The van der Waals surface area contributed by atoms with Gasteiger partial charge >= 0.3 is 0 Å². The van der Waals surface area contributed by atoms with Gasteiger partial charge in [0.1, 0.15) is 5.82 Å². The van der Waals surface area contributed by atoms with Gasteiger partial charge in [0.05, 0.1) is 25.2 Å². The average Bonchev–Trinajstić information content (AvgIpc) is 3.59. The fraction of sp³-hybridized carbons (Fsp3) is 0.360. The minimum atomic E-state index is -0.317. The van der Waals surface area contributed by atoms with Crippen molar-refractivity contribution in [1.29, 1.82) is 0 Å². The van der Waals surface area contributed by atoms with Crippen LogP contribution in [0, 0.1) is 23.6 Å². The van der Waals surface area contributed by atoms with Crippen molar-refractivity contribution in [2.45, 2.75) is 30.8 Å². The van der Waals surface area contributed by atoms with E-state index in [2.05, 4.69) is 11.8 Å². The average molecular weight is 418 g/mol. The summed E-state index contributed by atoms with van der Waals surface area (Å²) < 4.78 is 13.3. The van der Waals surface area contributed by atoms with Crippen LogP contribution >= 0.6 is 0 Å². The van der Waals surface area contributed by atoms with Crippen LogP contribution in [0.2, 0.25) is 0 Å². The molecule has 3 aliphatic rings. The molecule has 3 fully saturated rings. The van der Waals surface area contributed by atoms with Gasteiger partial charge in [-0.15, -0.1) is 0 Å². The highest BCUT2D eigenvalue weighted by molar-refractivity contribution is 5.89. The number of aliphatic hydroxyl groups is 1. The molecule has 0 radical (unpaired) electrons. The van der Waals surface area contributed by atoms with E-state index in [4.69, 9.17) is 0 Å². The Balaban J connectivity index is 1.34. The van der Waals surface area contributed by atoms with Gasteiger partial charge in [-0.1, -0.05) is 30.0 Å². The second-order valence-corrected chi connectivity index (χ2v) is 8.52. The van der Waals surface area contributed by atoms with Crippen molar-refractivity contribution in [2.24, 2.45) is 5.92 Å². The molecule has 2 amide bonds. The molecule has 0 aromatic heterocycles. The first-order valence-corrected chi connectivity index (χ1v) is 10.6. The molecule has 2 aromatic carbocycles. The number of hydrogen-bond donors (Lipinski definition) is 1. The maximum atomic E-state index is 13.3. The minimum absolute atomic E-state index is 0.0195. The summed E-state index contributed by atoms with van der Waals surface area (Å²) >= 11 is 0. The van der Waals surface area contributed by atoms with Gasteiger partial charge in [-0.05, 0) is 48.7 Å². The van der Waals surface area contributed by atoms with Gasteiger partial charge in [0.15, 0.2) is 0 Å². The fourth-order valence-corrected chi connectivity index (χ4v) is 4.76. The van der Waals surface area contributed by atoms with Gasteiger partial charge in [-0.2, -0.15) is 0 Å². The van der Waals surface area contributed by atoms with E-state index in [9.17, 15) is 19.1 Å². The quantitative estimate of drug-likeness (QED) is 0.777. The van der Waals surface area contributed by atoms with E-state index in [1.807, 2.05) is 24.3 Å². The molecule has 2 aliphatic heterocycles. The second kappa shape index (κ2) is 7.82. The molecule has 0 unspecified atom stereocenters. The van der Waals surface area contributed by atoms with E-state index >= 15 is 0 Å². The minimum Gasteiger partial charge on any atom is -0.394 e. The molecule has 2 aromatic rings. The summed E-state index contributed by atoms with van der Waals surface area (Å²) in [6.45, 7) is 0.525. The lowest BCUT2D eigenvalue weighted by molar-refractivity contribution is -0.167. The predicted octanol–water partition coefficient (Wildman–Crippen LogP) is 2.13. The number of benzene rings is 2.